The van der Waals surface area contributed by atoms with Gasteiger partial charge in [-0.15, -0.1) is 0 Å². The predicted molar refractivity (Wildman–Crippen MR) is 61.9 cm³/mol. The van der Waals surface area contributed by atoms with E-state index in [2.05, 4.69) is 9.72 Å². The Morgan fingerprint density at radius 2 is 2.24 bits per heavy atom. The number of rotatable bonds is 6. The van der Waals surface area contributed by atoms with Gasteiger partial charge in [0, 0.05) is 12.8 Å². The van der Waals surface area contributed by atoms with Crippen LogP contribution in [0.15, 0.2) is 4.42 Å². The molecule has 5 heteroatoms. The minimum atomic E-state index is -0.217. The van der Waals surface area contributed by atoms with Gasteiger partial charge < -0.3 is 13.9 Å². The highest BCUT2D eigenvalue weighted by molar-refractivity contribution is 5.69. The lowest BCUT2D eigenvalue weighted by atomic mass is 10.0. The number of esters is 1. The van der Waals surface area contributed by atoms with Gasteiger partial charge in [0.15, 0.2) is 5.89 Å². The molecule has 17 heavy (non-hydrogen) atoms. The molecule has 0 N–H and O–H groups in total. The molecule has 1 aromatic rings. The van der Waals surface area contributed by atoms with E-state index in [1.54, 1.807) is 0 Å². The number of nitrogens with zero attached hydrogens (tertiary/aromatic N) is 1. The van der Waals surface area contributed by atoms with Gasteiger partial charge in [-0.3, -0.25) is 4.79 Å². The van der Waals surface area contributed by atoms with E-state index in [9.17, 15) is 4.79 Å². The molecule has 0 aliphatic heterocycles. The summed E-state index contributed by atoms with van der Waals surface area (Å²) in [4.78, 5) is 15.3. The fourth-order valence-electron chi connectivity index (χ4n) is 1.53. The Balaban J connectivity index is 2.56. The van der Waals surface area contributed by atoms with Gasteiger partial charge in [0.05, 0.1) is 13.7 Å². The molecule has 5 nitrogen and oxygen atoms in total. The van der Waals surface area contributed by atoms with Crippen LogP contribution in [0.3, 0.4) is 0 Å². The zero-order valence-corrected chi connectivity index (χ0v) is 10.8. The zero-order chi connectivity index (χ0) is 12.8. The molecular formula is C12H19NO4. The van der Waals surface area contributed by atoms with Crippen molar-refractivity contribution >= 4 is 5.97 Å². The molecule has 0 radical (unpaired) electrons. The SMILES string of the molecule is CCOc1oc(CC(C)CC(=O)OC)nc1C. The van der Waals surface area contributed by atoms with Crippen molar-refractivity contribution in [3.63, 3.8) is 0 Å². The molecule has 1 rings (SSSR count). The van der Waals surface area contributed by atoms with E-state index in [0.717, 1.165) is 5.69 Å². The third kappa shape index (κ3) is 4.09. The van der Waals surface area contributed by atoms with Crippen LogP contribution in [-0.2, 0) is 16.0 Å². The van der Waals surface area contributed by atoms with Crippen LogP contribution in [-0.4, -0.2) is 24.7 Å². The summed E-state index contributed by atoms with van der Waals surface area (Å²) < 4.78 is 15.3. The van der Waals surface area contributed by atoms with Crippen molar-refractivity contribution in [3.8, 4) is 5.95 Å². The summed E-state index contributed by atoms with van der Waals surface area (Å²) in [6.07, 6.45) is 0.963. The van der Waals surface area contributed by atoms with Crippen LogP contribution in [0, 0.1) is 12.8 Å². The quantitative estimate of drug-likeness (QED) is 0.714. The molecule has 0 amide bonds. The lowest BCUT2D eigenvalue weighted by Gasteiger charge is -2.06. The Kier molecular flexibility index (Phi) is 5.00. The van der Waals surface area contributed by atoms with E-state index < -0.39 is 0 Å². The molecular weight excluding hydrogens is 222 g/mol. The van der Waals surface area contributed by atoms with Crippen molar-refractivity contribution in [2.45, 2.75) is 33.6 Å². The summed E-state index contributed by atoms with van der Waals surface area (Å²) in [5, 5.41) is 0. The Hall–Kier alpha value is -1.52. The van der Waals surface area contributed by atoms with Crippen molar-refractivity contribution in [2.24, 2.45) is 5.92 Å². The zero-order valence-electron chi connectivity index (χ0n) is 10.8. The molecule has 1 aromatic heterocycles. The second-order valence-corrected chi connectivity index (χ2v) is 4.00. The van der Waals surface area contributed by atoms with Crippen molar-refractivity contribution in [2.75, 3.05) is 13.7 Å². The number of methoxy groups -OCH3 is 1. The molecule has 0 saturated heterocycles. The van der Waals surface area contributed by atoms with Gasteiger partial charge in [-0.05, 0) is 19.8 Å². The molecule has 0 aliphatic carbocycles. The summed E-state index contributed by atoms with van der Waals surface area (Å²) in [7, 11) is 1.39. The van der Waals surface area contributed by atoms with Crippen molar-refractivity contribution in [1.82, 2.24) is 4.98 Å². The molecule has 0 saturated carbocycles. The average Bonchev–Trinajstić information content (AvgIpc) is 2.59. The van der Waals surface area contributed by atoms with Gasteiger partial charge in [-0.25, -0.2) is 4.98 Å². The standard InChI is InChI=1S/C12H19NO4/c1-5-16-12-9(3)13-10(17-12)6-8(2)7-11(14)15-4/h8H,5-7H2,1-4H3. The third-order valence-electron chi connectivity index (χ3n) is 2.34. The minimum absolute atomic E-state index is 0.134. The molecule has 0 fully saturated rings. The molecule has 1 unspecified atom stereocenters. The van der Waals surface area contributed by atoms with Crippen LogP contribution in [0.1, 0.15) is 31.9 Å². The van der Waals surface area contributed by atoms with Crippen molar-refractivity contribution in [1.29, 1.82) is 0 Å². The first-order valence-electron chi connectivity index (χ1n) is 5.72. The monoisotopic (exact) mass is 241 g/mol. The number of carbonyl (C=O) groups excluding carboxylic acids is 1. The van der Waals surface area contributed by atoms with Crippen LogP contribution in [0.2, 0.25) is 0 Å². The first kappa shape index (κ1) is 13.5. The minimum Gasteiger partial charge on any atom is -0.469 e. The van der Waals surface area contributed by atoms with Gasteiger partial charge >= 0.3 is 11.9 Å². The average molecular weight is 241 g/mol. The lowest BCUT2D eigenvalue weighted by molar-refractivity contribution is -0.141. The van der Waals surface area contributed by atoms with E-state index in [1.165, 1.54) is 7.11 Å². The van der Waals surface area contributed by atoms with Crippen molar-refractivity contribution in [3.05, 3.63) is 11.6 Å². The summed E-state index contributed by atoms with van der Waals surface area (Å²) in [6, 6.07) is 0. The smallest absolute Gasteiger partial charge is 0.308 e. The van der Waals surface area contributed by atoms with E-state index in [4.69, 9.17) is 9.15 Å². The van der Waals surface area contributed by atoms with Crippen LogP contribution in [0.4, 0.5) is 0 Å². The maximum atomic E-state index is 11.1. The summed E-state index contributed by atoms with van der Waals surface area (Å²) in [5.41, 5.74) is 0.743. The van der Waals surface area contributed by atoms with Crippen LogP contribution < -0.4 is 4.74 Å². The fraction of sp³-hybridized carbons (Fsp3) is 0.667. The van der Waals surface area contributed by atoms with E-state index in [0.29, 0.717) is 31.3 Å². The highest BCUT2D eigenvalue weighted by atomic mass is 16.6. The number of aromatic nitrogens is 1. The van der Waals surface area contributed by atoms with Gasteiger partial charge in [0.1, 0.15) is 5.69 Å². The second kappa shape index (κ2) is 6.27. The Morgan fingerprint density at radius 1 is 1.53 bits per heavy atom. The number of aryl methyl sites for hydroxylation is 1. The highest BCUT2D eigenvalue weighted by Crippen LogP contribution is 2.21. The van der Waals surface area contributed by atoms with Crippen LogP contribution >= 0.6 is 0 Å². The Labute approximate surface area is 101 Å². The van der Waals surface area contributed by atoms with Crippen molar-refractivity contribution < 1.29 is 18.7 Å². The molecule has 1 atom stereocenters. The number of hydrogen-bond acceptors (Lipinski definition) is 5. The highest BCUT2D eigenvalue weighted by Gasteiger charge is 2.15. The Bertz CT molecular complexity index is 373. The van der Waals surface area contributed by atoms with Gasteiger partial charge in [-0.2, -0.15) is 0 Å². The molecule has 1 heterocycles. The number of carbonyl (C=O) groups is 1. The largest absolute Gasteiger partial charge is 0.469 e. The first-order chi connectivity index (χ1) is 8.06. The molecule has 0 aromatic carbocycles. The molecule has 0 spiro atoms. The number of hydrogen-bond donors (Lipinski definition) is 0. The number of oxazole rings is 1. The van der Waals surface area contributed by atoms with Gasteiger partial charge in [0.2, 0.25) is 0 Å². The van der Waals surface area contributed by atoms with E-state index in [1.807, 2.05) is 20.8 Å². The van der Waals surface area contributed by atoms with Gasteiger partial charge in [0.25, 0.3) is 0 Å². The molecule has 0 aliphatic rings. The first-order valence-corrected chi connectivity index (χ1v) is 5.72. The molecule has 0 bridgehead atoms. The van der Waals surface area contributed by atoms with Crippen LogP contribution in [0.5, 0.6) is 5.95 Å². The van der Waals surface area contributed by atoms with E-state index >= 15 is 0 Å². The maximum Gasteiger partial charge on any atom is 0.308 e. The van der Waals surface area contributed by atoms with Crippen LogP contribution in [0.25, 0.3) is 0 Å². The predicted octanol–water partition coefficient (Wildman–Crippen LogP) is 2.12. The summed E-state index contributed by atoms with van der Waals surface area (Å²) >= 11 is 0. The van der Waals surface area contributed by atoms with E-state index in [-0.39, 0.29) is 11.9 Å². The number of ether oxygens (including phenoxy) is 2. The van der Waals surface area contributed by atoms with Gasteiger partial charge in [-0.1, -0.05) is 6.92 Å². The Morgan fingerprint density at radius 3 is 2.82 bits per heavy atom. The maximum absolute atomic E-state index is 11.1. The summed E-state index contributed by atoms with van der Waals surface area (Å²) in [5.74, 6) is 0.982. The third-order valence-corrected chi connectivity index (χ3v) is 2.34. The second-order valence-electron chi connectivity index (χ2n) is 4.00. The fourth-order valence-corrected chi connectivity index (χ4v) is 1.53. The lowest BCUT2D eigenvalue weighted by Crippen LogP contribution is -2.09. The topological polar surface area (TPSA) is 61.6 Å². The normalized spacial score (nSPS) is 12.2. The molecule has 96 valence electrons. The summed E-state index contributed by atoms with van der Waals surface area (Å²) in [6.45, 7) is 6.23.